The number of unbranched alkanes of at least 4 members (excludes halogenated alkanes) is 1. The van der Waals surface area contributed by atoms with Gasteiger partial charge in [0.1, 0.15) is 0 Å². The number of hydrogen-bond donors (Lipinski definition) is 1. The van der Waals surface area contributed by atoms with Gasteiger partial charge in [-0.15, -0.1) is 0 Å². The molecule has 0 rings (SSSR count). The molecule has 0 aromatic carbocycles. The summed E-state index contributed by atoms with van der Waals surface area (Å²) in [6.07, 6.45) is 2.59. The smallest absolute Gasteiger partial charge is 0.303 e. The maximum atomic E-state index is 10.1. The Morgan fingerprint density at radius 3 is 2.67 bits per heavy atom. The van der Waals surface area contributed by atoms with Crippen molar-refractivity contribution in [3.8, 4) is 0 Å². The Morgan fingerprint density at radius 2 is 2.17 bits per heavy atom. The van der Waals surface area contributed by atoms with Crippen LogP contribution in [0.4, 0.5) is 0 Å². The van der Waals surface area contributed by atoms with Gasteiger partial charge in [-0.25, -0.2) is 0 Å². The predicted molar refractivity (Wildman–Crippen MR) is 46.9 cm³/mol. The number of carboxylic acid groups (broad SMARTS) is 1. The molecule has 0 aromatic heterocycles. The van der Waals surface area contributed by atoms with Crippen molar-refractivity contribution in [3.05, 3.63) is 12.3 Å². The maximum Gasteiger partial charge on any atom is 0.303 e. The summed E-state index contributed by atoms with van der Waals surface area (Å²) in [5.74, 6) is -0.235. The van der Waals surface area contributed by atoms with E-state index in [2.05, 4.69) is 13.5 Å². The van der Waals surface area contributed by atoms with Crippen molar-refractivity contribution in [2.45, 2.75) is 32.6 Å². The zero-order chi connectivity index (χ0) is 9.40. The van der Waals surface area contributed by atoms with Gasteiger partial charge in [-0.3, -0.25) is 4.79 Å². The second-order valence-electron chi connectivity index (χ2n) is 2.63. The average molecular weight is 172 g/mol. The summed E-state index contributed by atoms with van der Waals surface area (Å²) in [5, 5.41) is 8.34. The van der Waals surface area contributed by atoms with Crippen LogP contribution >= 0.6 is 0 Å². The molecular formula is C9H16O3. The normalized spacial score (nSPS) is 9.42. The van der Waals surface area contributed by atoms with Crippen molar-refractivity contribution in [3.63, 3.8) is 0 Å². The van der Waals surface area contributed by atoms with Crippen molar-refractivity contribution >= 4 is 5.97 Å². The Balaban J connectivity index is 3.28. The van der Waals surface area contributed by atoms with E-state index in [1.807, 2.05) is 0 Å². The van der Waals surface area contributed by atoms with Gasteiger partial charge in [0.15, 0.2) is 0 Å². The Hall–Kier alpha value is -0.990. The minimum Gasteiger partial charge on any atom is -0.499 e. The summed E-state index contributed by atoms with van der Waals surface area (Å²) in [6, 6.07) is 0. The number of aliphatic carboxylic acids is 1. The van der Waals surface area contributed by atoms with E-state index in [0.717, 1.165) is 12.8 Å². The third-order valence-corrected chi connectivity index (χ3v) is 1.42. The van der Waals surface area contributed by atoms with Crippen molar-refractivity contribution in [1.82, 2.24) is 0 Å². The van der Waals surface area contributed by atoms with Crippen molar-refractivity contribution in [2.24, 2.45) is 0 Å². The standard InChI is InChI=1S/C9H16O3/c1-3-4-7-12-8(2)5-6-9(10)11/h2-7H2,1H3,(H,10,11). The van der Waals surface area contributed by atoms with Crippen molar-refractivity contribution < 1.29 is 14.6 Å². The summed E-state index contributed by atoms with van der Waals surface area (Å²) < 4.78 is 5.18. The first-order chi connectivity index (χ1) is 5.66. The molecule has 3 nitrogen and oxygen atoms in total. The Kier molecular flexibility index (Phi) is 6.15. The second-order valence-corrected chi connectivity index (χ2v) is 2.63. The van der Waals surface area contributed by atoms with E-state index in [1.165, 1.54) is 0 Å². The largest absolute Gasteiger partial charge is 0.499 e. The molecule has 0 heterocycles. The molecule has 0 amide bonds. The van der Waals surface area contributed by atoms with E-state index in [4.69, 9.17) is 9.84 Å². The second kappa shape index (κ2) is 6.70. The number of allylic oxidation sites excluding steroid dienone is 1. The average Bonchev–Trinajstić information content (AvgIpc) is 2.01. The van der Waals surface area contributed by atoms with E-state index in [0.29, 0.717) is 18.8 Å². The molecule has 0 bridgehead atoms. The van der Waals surface area contributed by atoms with Crippen LogP contribution < -0.4 is 0 Å². The highest BCUT2D eigenvalue weighted by Crippen LogP contribution is 2.04. The number of carboxylic acids is 1. The molecule has 0 unspecified atom stereocenters. The summed E-state index contributed by atoms with van der Waals surface area (Å²) in [4.78, 5) is 10.1. The fourth-order valence-electron chi connectivity index (χ4n) is 0.679. The molecule has 0 radical (unpaired) electrons. The monoisotopic (exact) mass is 172 g/mol. The fraction of sp³-hybridized carbons (Fsp3) is 0.667. The molecule has 0 aliphatic heterocycles. The molecule has 0 saturated carbocycles. The van der Waals surface area contributed by atoms with Crippen LogP contribution in [0.25, 0.3) is 0 Å². The molecule has 1 N–H and O–H groups in total. The third kappa shape index (κ3) is 7.12. The van der Waals surface area contributed by atoms with Gasteiger partial charge in [0.25, 0.3) is 0 Å². The number of carbonyl (C=O) groups is 1. The van der Waals surface area contributed by atoms with Gasteiger partial charge in [-0.1, -0.05) is 19.9 Å². The maximum absolute atomic E-state index is 10.1. The molecule has 0 aromatic rings. The Morgan fingerprint density at radius 1 is 1.50 bits per heavy atom. The van der Waals surface area contributed by atoms with Crippen molar-refractivity contribution in [1.29, 1.82) is 0 Å². The van der Waals surface area contributed by atoms with Crippen LogP contribution in [0.1, 0.15) is 32.6 Å². The highest BCUT2D eigenvalue weighted by Gasteiger charge is 1.99. The van der Waals surface area contributed by atoms with Crippen LogP contribution in [0.15, 0.2) is 12.3 Å². The molecule has 0 saturated heterocycles. The van der Waals surface area contributed by atoms with Gasteiger partial charge < -0.3 is 9.84 Å². The quantitative estimate of drug-likeness (QED) is 0.473. The van der Waals surface area contributed by atoms with Crippen LogP contribution in [-0.2, 0) is 9.53 Å². The molecule has 0 spiro atoms. The Bertz CT molecular complexity index is 152. The predicted octanol–water partition coefficient (Wildman–Crippen LogP) is 2.18. The fourth-order valence-corrected chi connectivity index (χ4v) is 0.679. The molecular weight excluding hydrogens is 156 g/mol. The van der Waals surface area contributed by atoms with Crippen LogP contribution in [-0.4, -0.2) is 17.7 Å². The minimum atomic E-state index is -0.810. The van der Waals surface area contributed by atoms with Gasteiger partial charge in [0.2, 0.25) is 0 Å². The number of hydrogen-bond acceptors (Lipinski definition) is 2. The van der Waals surface area contributed by atoms with E-state index in [9.17, 15) is 4.79 Å². The summed E-state index contributed by atoms with van der Waals surface area (Å²) in [7, 11) is 0. The highest BCUT2D eigenvalue weighted by molar-refractivity contribution is 5.66. The SMILES string of the molecule is C=C(CCC(=O)O)OCCCC. The van der Waals surface area contributed by atoms with Crippen LogP contribution in [0.2, 0.25) is 0 Å². The molecule has 12 heavy (non-hydrogen) atoms. The van der Waals surface area contributed by atoms with Crippen LogP contribution in [0.3, 0.4) is 0 Å². The molecule has 3 heteroatoms. The highest BCUT2D eigenvalue weighted by atomic mass is 16.5. The zero-order valence-electron chi connectivity index (χ0n) is 7.51. The molecule has 0 fully saturated rings. The zero-order valence-corrected chi connectivity index (χ0v) is 7.51. The van der Waals surface area contributed by atoms with Gasteiger partial charge in [-0.2, -0.15) is 0 Å². The lowest BCUT2D eigenvalue weighted by Crippen LogP contribution is -1.98. The molecule has 70 valence electrons. The topological polar surface area (TPSA) is 46.5 Å². The van der Waals surface area contributed by atoms with Crippen LogP contribution in [0.5, 0.6) is 0 Å². The summed E-state index contributed by atoms with van der Waals surface area (Å²) >= 11 is 0. The number of rotatable bonds is 7. The van der Waals surface area contributed by atoms with Gasteiger partial charge >= 0.3 is 5.97 Å². The first kappa shape index (κ1) is 11.0. The lowest BCUT2D eigenvalue weighted by Gasteiger charge is -2.06. The van der Waals surface area contributed by atoms with Gasteiger partial charge in [0, 0.05) is 6.42 Å². The van der Waals surface area contributed by atoms with E-state index >= 15 is 0 Å². The van der Waals surface area contributed by atoms with E-state index in [1.54, 1.807) is 0 Å². The number of ether oxygens (including phenoxy) is 1. The lowest BCUT2D eigenvalue weighted by molar-refractivity contribution is -0.137. The molecule has 0 aliphatic rings. The van der Waals surface area contributed by atoms with Gasteiger partial charge in [0.05, 0.1) is 18.8 Å². The molecule has 0 aliphatic carbocycles. The lowest BCUT2D eigenvalue weighted by atomic mass is 10.3. The summed E-state index contributed by atoms with van der Waals surface area (Å²) in [6.45, 7) is 6.33. The minimum absolute atomic E-state index is 0.102. The van der Waals surface area contributed by atoms with Crippen LogP contribution in [0, 0.1) is 0 Å². The first-order valence-corrected chi connectivity index (χ1v) is 4.19. The Labute approximate surface area is 73.0 Å². The third-order valence-electron chi connectivity index (χ3n) is 1.42. The first-order valence-electron chi connectivity index (χ1n) is 4.19. The van der Waals surface area contributed by atoms with E-state index < -0.39 is 5.97 Å². The summed E-state index contributed by atoms with van der Waals surface area (Å²) in [5.41, 5.74) is 0. The van der Waals surface area contributed by atoms with Gasteiger partial charge in [-0.05, 0) is 6.42 Å². The van der Waals surface area contributed by atoms with E-state index in [-0.39, 0.29) is 6.42 Å². The molecule has 0 atom stereocenters. The van der Waals surface area contributed by atoms with Crippen molar-refractivity contribution in [2.75, 3.05) is 6.61 Å².